The Bertz CT molecular complexity index is 595. The number of halogens is 1. The van der Waals surface area contributed by atoms with E-state index >= 15 is 0 Å². The zero-order chi connectivity index (χ0) is 13.8. The van der Waals surface area contributed by atoms with Crippen LogP contribution < -0.4 is 4.74 Å². The number of hydrogen-bond acceptors (Lipinski definition) is 4. The molecule has 2 rings (SSSR count). The van der Waals surface area contributed by atoms with Crippen LogP contribution in [-0.2, 0) is 6.61 Å². The molecule has 19 heavy (non-hydrogen) atoms. The normalized spacial score (nSPS) is 10.2. The van der Waals surface area contributed by atoms with Gasteiger partial charge in [0.15, 0.2) is 17.3 Å². The van der Waals surface area contributed by atoms with Gasteiger partial charge in [-0.3, -0.25) is 10.1 Å². The molecule has 0 saturated carbocycles. The lowest BCUT2D eigenvalue weighted by molar-refractivity contribution is -0.385. The Morgan fingerprint density at radius 3 is 2.63 bits per heavy atom. The van der Waals surface area contributed by atoms with Gasteiger partial charge in [0.1, 0.15) is 6.61 Å². The number of para-hydroxylation sites is 2. The lowest BCUT2D eigenvalue weighted by Gasteiger charge is -2.09. The van der Waals surface area contributed by atoms with Crippen LogP contribution in [0.1, 0.15) is 5.56 Å². The topological polar surface area (TPSA) is 72.6 Å². The third-order valence-corrected chi connectivity index (χ3v) is 2.51. The Morgan fingerprint density at radius 2 is 1.95 bits per heavy atom. The molecule has 2 aromatic rings. The molecule has 0 amide bonds. The van der Waals surface area contributed by atoms with E-state index in [0.717, 1.165) is 6.07 Å². The molecule has 0 atom stereocenters. The van der Waals surface area contributed by atoms with E-state index in [1.165, 1.54) is 30.3 Å². The third kappa shape index (κ3) is 2.79. The minimum atomic E-state index is -0.724. The van der Waals surface area contributed by atoms with Crippen molar-refractivity contribution in [3.8, 4) is 11.5 Å². The first-order valence-corrected chi connectivity index (χ1v) is 5.42. The van der Waals surface area contributed by atoms with Gasteiger partial charge < -0.3 is 9.84 Å². The average molecular weight is 263 g/mol. The van der Waals surface area contributed by atoms with Crippen molar-refractivity contribution in [1.29, 1.82) is 0 Å². The Morgan fingerprint density at radius 1 is 1.21 bits per heavy atom. The van der Waals surface area contributed by atoms with Crippen LogP contribution in [0.25, 0.3) is 0 Å². The first kappa shape index (κ1) is 12.8. The molecule has 0 spiro atoms. The number of nitrogens with zero attached hydrogens (tertiary/aromatic N) is 1. The minimum absolute atomic E-state index is 0.113. The highest BCUT2D eigenvalue weighted by Gasteiger charge is 2.15. The van der Waals surface area contributed by atoms with E-state index < -0.39 is 10.7 Å². The van der Waals surface area contributed by atoms with Crippen LogP contribution in [0.15, 0.2) is 42.5 Å². The summed E-state index contributed by atoms with van der Waals surface area (Å²) in [6, 6.07) is 9.74. The van der Waals surface area contributed by atoms with E-state index in [1.807, 2.05) is 0 Å². The van der Waals surface area contributed by atoms with E-state index in [0.29, 0.717) is 5.56 Å². The Labute approximate surface area is 108 Å². The maximum atomic E-state index is 13.4. The van der Waals surface area contributed by atoms with Gasteiger partial charge >= 0.3 is 0 Å². The van der Waals surface area contributed by atoms with Crippen molar-refractivity contribution in [3.05, 3.63) is 64.0 Å². The molecular formula is C13H10FNO4. The molecule has 98 valence electrons. The number of aromatic hydroxyl groups is 1. The van der Waals surface area contributed by atoms with E-state index in [1.54, 1.807) is 6.07 Å². The van der Waals surface area contributed by atoms with Crippen molar-refractivity contribution in [3.63, 3.8) is 0 Å². The number of phenolic OH excluding ortho intramolecular Hbond substituents is 1. The van der Waals surface area contributed by atoms with Crippen LogP contribution in [0, 0.1) is 15.9 Å². The van der Waals surface area contributed by atoms with Crippen LogP contribution in [-0.4, -0.2) is 10.0 Å². The maximum absolute atomic E-state index is 13.4. The molecule has 5 nitrogen and oxygen atoms in total. The van der Waals surface area contributed by atoms with Crippen molar-refractivity contribution in [2.24, 2.45) is 0 Å². The number of ether oxygens (including phenoxy) is 1. The highest BCUT2D eigenvalue weighted by atomic mass is 19.1. The van der Waals surface area contributed by atoms with Crippen LogP contribution in [0.4, 0.5) is 10.1 Å². The summed E-state index contributed by atoms with van der Waals surface area (Å²) in [5.41, 5.74) is 0.188. The van der Waals surface area contributed by atoms with Crippen molar-refractivity contribution >= 4 is 5.69 Å². The number of rotatable bonds is 4. The average Bonchev–Trinajstić information content (AvgIpc) is 2.38. The van der Waals surface area contributed by atoms with Gasteiger partial charge in [-0.25, -0.2) is 4.39 Å². The fourth-order valence-electron chi connectivity index (χ4n) is 1.60. The first-order valence-electron chi connectivity index (χ1n) is 5.42. The quantitative estimate of drug-likeness (QED) is 0.679. The third-order valence-electron chi connectivity index (χ3n) is 2.51. The van der Waals surface area contributed by atoms with E-state index in [9.17, 15) is 19.6 Å². The fourth-order valence-corrected chi connectivity index (χ4v) is 1.60. The van der Waals surface area contributed by atoms with Gasteiger partial charge in [0.2, 0.25) is 0 Å². The Hall–Kier alpha value is -2.63. The number of phenols is 1. The molecule has 0 aliphatic heterocycles. The highest BCUT2D eigenvalue weighted by Crippen LogP contribution is 2.30. The summed E-state index contributed by atoms with van der Waals surface area (Å²) in [6.07, 6.45) is 0. The van der Waals surface area contributed by atoms with Crippen LogP contribution >= 0.6 is 0 Å². The van der Waals surface area contributed by atoms with Crippen molar-refractivity contribution in [2.75, 3.05) is 0 Å². The second kappa shape index (κ2) is 5.34. The van der Waals surface area contributed by atoms with E-state index in [2.05, 4.69) is 0 Å². The van der Waals surface area contributed by atoms with Gasteiger partial charge in [-0.15, -0.1) is 0 Å². The molecule has 2 aromatic carbocycles. The summed E-state index contributed by atoms with van der Waals surface area (Å²) in [5, 5.41) is 20.2. The predicted octanol–water partition coefficient (Wildman–Crippen LogP) is 3.02. The number of hydrogen-bond donors (Lipinski definition) is 1. The summed E-state index contributed by atoms with van der Waals surface area (Å²) >= 11 is 0. The standard InChI is InChI=1S/C13H10FNO4/c14-10-5-3-7-12(16)13(10)19-8-9-4-1-2-6-11(9)15(17)18/h1-7,16H,8H2. The summed E-state index contributed by atoms with van der Waals surface area (Å²) in [5.74, 6) is -1.39. The molecule has 1 N–H and O–H groups in total. The molecule has 0 fully saturated rings. The summed E-state index contributed by atoms with van der Waals surface area (Å²) in [4.78, 5) is 10.3. The van der Waals surface area contributed by atoms with Gasteiger partial charge in [-0.2, -0.15) is 0 Å². The van der Waals surface area contributed by atoms with Crippen molar-refractivity contribution in [2.45, 2.75) is 6.61 Å². The second-order valence-electron chi connectivity index (χ2n) is 3.76. The molecule has 0 radical (unpaired) electrons. The zero-order valence-corrected chi connectivity index (χ0v) is 9.75. The fraction of sp³-hybridized carbons (Fsp3) is 0.0769. The smallest absolute Gasteiger partial charge is 0.276 e. The van der Waals surface area contributed by atoms with Crippen molar-refractivity contribution < 1.29 is 19.2 Å². The SMILES string of the molecule is O=[N+]([O-])c1ccccc1COc1c(O)cccc1F. The molecular weight excluding hydrogens is 253 g/mol. The number of nitro benzene ring substituents is 1. The summed E-state index contributed by atoms with van der Waals surface area (Å²) < 4.78 is 18.5. The van der Waals surface area contributed by atoms with Gasteiger partial charge in [-0.1, -0.05) is 18.2 Å². The predicted molar refractivity (Wildman–Crippen MR) is 65.5 cm³/mol. The van der Waals surface area contributed by atoms with Gasteiger partial charge in [0.25, 0.3) is 5.69 Å². The van der Waals surface area contributed by atoms with Crippen LogP contribution in [0.5, 0.6) is 11.5 Å². The first-order chi connectivity index (χ1) is 9.09. The van der Waals surface area contributed by atoms with Crippen LogP contribution in [0.3, 0.4) is 0 Å². The zero-order valence-electron chi connectivity index (χ0n) is 9.75. The van der Waals surface area contributed by atoms with Gasteiger partial charge in [0, 0.05) is 6.07 Å². The monoisotopic (exact) mass is 263 g/mol. The maximum Gasteiger partial charge on any atom is 0.276 e. The summed E-state index contributed by atoms with van der Waals surface area (Å²) in [6.45, 7) is -0.203. The lowest BCUT2D eigenvalue weighted by Crippen LogP contribution is -2.01. The Balaban J connectivity index is 2.22. The molecule has 6 heteroatoms. The largest absolute Gasteiger partial charge is 0.504 e. The highest BCUT2D eigenvalue weighted by molar-refractivity contribution is 5.42. The lowest BCUT2D eigenvalue weighted by atomic mass is 10.2. The molecule has 0 heterocycles. The van der Waals surface area contributed by atoms with Crippen molar-refractivity contribution in [1.82, 2.24) is 0 Å². The molecule has 0 aromatic heterocycles. The molecule has 0 unspecified atom stereocenters. The Kier molecular flexibility index (Phi) is 3.61. The number of nitro groups is 1. The van der Waals surface area contributed by atoms with Crippen LogP contribution in [0.2, 0.25) is 0 Å². The molecule has 0 bridgehead atoms. The van der Waals surface area contributed by atoms with E-state index in [4.69, 9.17) is 4.74 Å². The molecule has 0 aliphatic rings. The molecule has 0 aliphatic carbocycles. The summed E-state index contributed by atoms with van der Waals surface area (Å²) in [7, 11) is 0. The molecule has 0 saturated heterocycles. The van der Waals surface area contributed by atoms with Gasteiger partial charge in [-0.05, 0) is 18.2 Å². The van der Waals surface area contributed by atoms with Gasteiger partial charge in [0.05, 0.1) is 10.5 Å². The number of benzene rings is 2. The van der Waals surface area contributed by atoms with E-state index in [-0.39, 0.29) is 23.8 Å². The second-order valence-corrected chi connectivity index (χ2v) is 3.76. The minimum Gasteiger partial charge on any atom is -0.504 e.